The number of nitrogens with zero attached hydrogens (tertiary/aromatic N) is 3. The number of fused-ring (bicyclic) bond motifs is 4. The van der Waals surface area contributed by atoms with E-state index in [1.165, 1.54) is 17.4 Å². The maximum Gasteiger partial charge on any atom is 0.317 e. The molecule has 7 nitrogen and oxygen atoms in total. The molecule has 1 aromatic rings. The summed E-state index contributed by atoms with van der Waals surface area (Å²) in [5.74, 6) is 0. The van der Waals surface area contributed by atoms with E-state index in [2.05, 4.69) is 34.5 Å². The molecule has 2 unspecified atom stereocenters. The first-order valence-electron chi connectivity index (χ1n) is 12.5. The van der Waals surface area contributed by atoms with E-state index in [9.17, 15) is 13.2 Å². The topological polar surface area (TPSA) is 73.0 Å². The van der Waals surface area contributed by atoms with Crippen LogP contribution in [0.4, 0.5) is 4.79 Å². The highest BCUT2D eigenvalue weighted by Gasteiger charge is 2.48. The number of carbonyl (C=O) groups excluding carboxylic acids is 1. The monoisotopic (exact) mass is 474 g/mol. The normalized spacial score (nSPS) is 31.8. The Bertz CT molecular complexity index is 989. The summed E-state index contributed by atoms with van der Waals surface area (Å²) in [7, 11) is 0.462. The number of nitrogens with one attached hydrogen (secondary N) is 1. The average Bonchev–Trinajstić information content (AvgIpc) is 3.07. The van der Waals surface area contributed by atoms with Gasteiger partial charge in [0.1, 0.15) is 0 Å². The second-order valence-corrected chi connectivity index (χ2v) is 12.8. The van der Waals surface area contributed by atoms with Crippen molar-refractivity contribution < 1.29 is 13.2 Å². The number of carbonyl (C=O) groups is 1. The van der Waals surface area contributed by atoms with Gasteiger partial charge < -0.3 is 15.1 Å². The summed E-state index contributed by atoms with van der Waals surface area (Å²) < 4.78 is 26.3. The maximum atomic E-state index is 12.3. The third-order valence-electron chi connectivity index (χ3n) is 8.82. The number of urea groups is 1. The second kappa shape index (κ2) is 8.54. The summed E-state index contributed by atoms with van der Waals surface area (Å²) >= 11 is 0. The van der Waals surface area contributed by atoms with Crippen LogP contribution in [-0.4, -0.2) is 80.1 Å². The largest absolute Gasteiger partial charge is 0.331 e. The fourth-order valence-electron chi connectivity index (χ4n) is 7.20. The maximum absolute atomic E-state index is 12.3. The Kier molecular flexibility index (Phi) is 5.98. The minimum Gasteiger partial charge on any atom is -0.331 e. The summed E-state index contributed by atoms with van der Waals surface area (Å²) in [6, 6.07) is 9.64. The van der Waals surface area contributed by atoms with Crippen molar-refractivity contribution in [3.63, 3.8) is 0 Å². The highest BCUT2D eigenvalue weighted by Crippen LogP contribution is 2.49. The van der Waals surface area contributed by atoms with Gasteiger partial charge in [-0.2, -0.15) is 4.31 Å². The molecule has 0 aromatic heterocycles. The third-order valence-corrected chi connectivity index (χ3v) is 10.2. The van der Waals surface area contributed by atoms with E-state index in [0.29, 0.717) is 6.04 Å². The van der Waals surface area contributed by atoms with Gasteiger partial charge in [0.15, 0.2) is 0 Å². The summed E-state index contributed by atoms with van der Waals surface area (Å²) in [5, 5.41) is 3.21. The standard InChI is InChI=1S/C25H38N4O3S/c1-27(2)24(30)26-23-10-11-25(22-7-5-4-6-21(22)23)12-14-28(15-13-25)20-16-18-8-9-19(17-20)29(18)33(3,31)32/h4-7,18-20,23H,8-17H2,1-3H3,(H,26,30)/t18?,19?,20?,23-/m1/s1. The zero-order valence-corrected chi connectivity index (χ0v) is 21.0. The number of hydrogen-bond acceptors (Lipinski definition) is 4. The summed E-state index contributed by atoms with van der Waals surface area (Å²) in [6.45, 7) is 2.15. The van der Waals surface area contributed by atoms with E-state index in [0.717, 1.165) is 64.5 Å². The van der Waals surface area contributed by atoms with Crippen LogP contribution in [-0.2, 0) is 15.4 Å². The van der Waals surface area contributed by atoms with E-state index < -0.39 is 10.0 Å². The molecule has 1 aliphatic carbocycles. The molecule has 3 atom stereocenters. The molecule has 0 radical (unpaired) electrons. The van der Waals surface area contributed by atoms with Gasteiger partial charge in [-0.05, 0) is 81.0 Å². The fourth-order valence-corrected chi connectivity index (χ4v) is 8.67. The molecule has 3 heterocycles. The number of amides is 2. The molecule has 3 fully saturated rings. The Morgan fingerprint density at radius 1 is 1.00 bits per heavy atom. The molecule has 3 saturated heterocycles. The fraction of sp³-hybridized carbons (Fsp3) is 0.720. The number of likely N-dealkylation sites (tertiary alicyclic amines) is 1. The highest BCUT2D eigenvalue weighted by atomic mass is 32.2. The summed E-state index contributed by atoms with van der Waals surface area (Å²) in [5.41, 5.74) is 2.90. The molecule has 4 aliphatic rings. The quantitative estimate of drug-likeness (QED) is 0.731. The average molecular weight is 475 g/mol. The Morgan fingerprint density at radius 2 is 1.64 bits per heavy atom. The van der Waals surface area contributed by atoms with Crippen LogP contribution in [0.3, 0.4) is 0 Å². The minimum atomic E-state index is -3.11. The predicted molar refractivity (Wildman–Crippen MR) is 130 cm³/mol. The zero-order valence-electron chi connectivity index (χ0n) is 20.2. The molecular formula is C25H38N4O3S. The SMILES string of the molecule is CN(C)C(=O)N[C@@H]1CCC2(CCN(C3CC4CCC(C3)N4S(C)(=O)=O)CC2)c2ccccc21. The Morgan fingerprint density at radius 3 is 2.24 bits per heavy atom. The van der Waals surface area contributed by atoms with Gasteiger partial charge in [-0.15, -0.1) is 0 Å². The summed E-state index contributed by atoms with van der Waals surface area (Å²) in [4.78, 5) is 16.6. The van der Waals surface area contributed by atoms with Crippen molar-refractivity contribution in [2.75, 3.05) is 33.4 Å². The first kappa shape index (κ1) is 23.1. The van der Waals surface area contributed by atoms with Crippen molar-refractivity contribution in [1.29, 1.82) is 0 Å². The van der Waals surface area contributed by atoms with Crippen molar-refractivity contribution in [2.45, 2.75) is 80.9 Å². The molecular weight excluding hydrogens is 436 g/mol. The molecule has 8 heteroatoms. The van der Waals surface area contributed by atoms with Gasteiger partial charge in [-0.3, -0.25) is 0 Å². The van der Waals surface area contributed by atoms with Crippen molar-refractivity contribution in [2.24, 2.45) is 0 Å². The molecule has 2 amide bonds. The molecule has 33 heavy (non-hydrogen) atoms. The van der Waals surface area contributed by atoms with Crippen LogP contribution < -0.4 is 5.32 Å². The molecule has 2 bridgehead atoms. The van der Waals surface area contributed by atoms with E-state index in [-0.39, 0.29) is 29.6 Å². The van der Waals surface area contributed by atoms with Gasteiger partial charge in [-0.25, -0.2) is 13.2 Å². The van der Waals surface area contributed by atoms with Crippen LogP contribution in [0.15, 0.2) is 24.3 Å². The number of rotatable bonds is 3. The Balaban J connectivity index is 1.28. The van der Waals surface area contributed by atoms with Crippen LogP contribution in [0.5, 0.6) is 0 Å². The van der Waals surface area contributed by atoms with Crippen molar-refractivity contribution in [1.82, 2.24) is 19.4 Å². The van der Waals surface area contributed by atoms with Gasteiger partial charge >= 0.3 is 6.03 Å². The second-order valence-electron chi connectivity index (χ2n) is 10.9. The first-order chi connectivity index (χ1) is 15.7. The Hall–Kier alpha value is -1.64. The lowest BCUT2D eigenvalue weighted by molar-refractivity contribution is 0.0580. The zero-order chi connectivity index (χ0) is 23.4. The molecule has 1 N–H and O–H groups in total. The van der Waals surface area contributed by atoms with Crippen LogP contribution >= 0.6 is 0 Å². The lowest BCUT2D eigenvalue weighted by atomic mass is 9.63. The van der Waals surface area contributed by atoms with Crippen molar-refractivity contribution in [3.05, 3.63) is 35.4 Å². The van der Waals surface area contributed by atoms with E-state index in [4.69, 9.17) is 0 Å². The van der Waals surface area contributed by atoms with Gasteiger partial charge in [-0.1, -0.05) is 24.3 Å². The number of hydrogen-bond donors (Lipinski definition) is 1. The number of sulfonamides is 1. The lowest BCUT2D eigenvalue weighted by Crippen LogP contribution is -2.55. The number of benzene rings is 1. The van der Waals surface area contributed by atoms with E-state index in [1.807, 2.05) is 4.31 Å². The van der Waals surface area contributed by atoms with Crippen LogP contribution in [0.1, 0.15) is 68.5 Å². The first-order valence-corrected chi connectivity index (χ1v) is 14.3. The van der Waals surface area contributed by atoms with Gasteiger partial charge in [0.2, 0.25) is 10.0 Å². The minimum absolute atomic E-state index is 0.0318. The van der Waals surface area contributed by atoms with Crippen molar-refractivity contribution >= 4 is 16.1 Å². The highest BCUT2D eigenvalue weighted by molar-refractivity contribution is 7.88. The van der Waals surface area contributed by atoms with Gasteiger partial charge in [0, 0.05) is 32.2 Å². The lowest BCUT2D eigenvalue weighted by Gasteiger charge is -2.50. The van der Waals surface area contributed by atoms with Gasteiger partial charge in [0.25, 0.3) is 0 Å². The van der Waals surface area contributed by atoms with Crippen LogP contribution in [0.25, 0.3) is 0 Å². The summed E-state index contributed by atoms with van der Waals surface area (Å²) in [6.07, 6.45) is 9.72. The molecule has 1 spiro atoms. The number of piperidine rings is 2. The molecule has 182 valence electrons. The van der Waals surface area contributed by atoms with Gasteiger partial charge in [0.05, 0.1) is 12.3 Å². The van der Waals surface area contributed by atoms with E-state index >= 15 is 0 Å². The van der Waals surface area contributed by atoms with Crippen LogP contribution in [0, 0.1) is 0 Å². The smallest absolute Gasteiger partial charge is 0.317 e. The van der Waals surface area contributed by atoms with Crippen LogP contribution in [0.2, 0.25) is 0 Å². The molecule has 1 aromatic carbocycles. The third kappa shape index (κ3) is 4.19. The van der Waals surface area contributed by atoms with Crippen molar-refractivity contribution in [3.8, 4) is 0 Å². The van der Waals surface area contributed by atoms with E-state index in [1.54, 1.807) is 19.0 Å². The molecule has 5 rings (SSSR count). The molecule has 0 saturated carbocycles. The molecule has 3 aliphatic heterocycles. The Labute approximate surface area is 198 Å². The predicted octanol–water partition coefficient (Wildman–Crippen LogP) is 3.08.